The van der Waals surface area contributed by atoms with Gasteiger partial charge >= 0.3 is 12.0 Å². The van der Waals surface area contributed by atoms with Crippen molar-refractivity contribution in [3.05, 3.63) is 12.2 Å². The van der Waals surface area contributed by atoms with E-state index in [1.165, 1.54) is 6.33 Å². The van der Waals surface area contributed by atoms with Gasteiger partial charge in [-0.05, 0) is 26.2 Å². The Morgan fingerprint density at radius 1 is 1.53 bits per heavy atom. The molecule has 1 unspecified atom stereocenters. The van der Waals surface area contributed by atoms with Gasteiger partial charge < -0.3 is 15.7 Å². The van der Waals surface area contributed by atoms with Crippen LogP contribution in [0.5, 0.6) is 0 Å². The molecule has 1 aromatic heterocycles. The summed E-state index contributed by atoms with van der Waals surface area (Å²) in [6.07, 6.45) is 3.16. The number of amides is 2. The molecule has 19 heavy (non-hydrogen) atoms. The number of urea groups is 1. The van der Waals surface area contributed by atoms with E-state index in [4.69, 9.17) is 5.11 Å². The Bertz CT molecular complexity index is 447. The first-order chi connectivity index (χ1) is 9.06. The monoisotopic (exact) mass is 267 g/mol. The summed E-state index contributed by atoms with van der Waals surface area (Å²) >= 11 is 0. The Hall–Kier alpha value is -2.12. The molecule has 1 fully saturated rings. The summed E-state index contributed by atoms with van der Waals surface area (Å²) in [7, 11) is 0. The number of hydrogen-bond acceptors (Lipinski definition) is 4. The van der Waals surface area contributed by atoms with E-state index < -0.39 is 5.97 Å². The molecule has 1 aliphatic rings. The van der Waals surface area contributed by atoms with E-state index in [0.717, 1.165) is 0 Å². The van der Waals surface area contributed by atoms with Crippen LogP contribution < -0.4 is 10.6 Å². The second-order valence-electron chi connectivity index (χ2n) is 4.76. The molecule has 3 atom stereocenters. The Morgan fingerprint density at radius 3 is 2.89 bits per heavy atom. The van der Waals surface area contributed by atoms with E-state index in [1.54, 1.807) is 6.92 Å². The van der Waals surface area contributed by atoms with Crippen LogP contribution in [-0.2, 0) is 4.79 Å². The lowest BCUT2D eigenvalue weighted by molar-refractivity contribution is -0.141. The average Bonchev–Trinajstić information content (AvgIpc) is 2.98. The second kappa shape index (κ2) is 5.68. The topological polar surface area (TPSA) is 120 Å². The zero-order chi connectivity index (χ0) is 13.8. The van der Waals surface area contributed by atoms with E-state index >= 15 is 0 Å². The van der Waals surface area contributed by atoms with Crippen LogP contribution in [0, 0.1) is 5.92 Å². The summed E-state index contributed by atoms with van der Waals surface area (Å²) in [5, 5.41) is 20.8. The Kier molecular flexibility index (Phi) is 3.98. The average molecular weight is 267 g/mol. The molecule has 2 rings (SSSR count). The maximum absolute atomic E-state index is 11.7. The van der Waals surface area contributed by atoms with Crippen LogP contribution >= 0.6 is 0 Å². The van der Waals surface area contributed by atoms with Crippen LogP contribution in [-0.4, -0.2) is 38.3 Å². The lowest BCUT2D eigenvalue weighted by atomic mass is 10.1. The van der Waals surface area contributed by atoms with Gasteiger partial charge in [0.1, 0.15) is 12.2 Å². The van der Waals surface area contributed by atoms with Crippen molar-refractivity contribution >= 4 is 12.0 Å². The minimum Gasteiger partial charge on any atom is -0.481 e. The molecule has 0 aromatic carbocycles. The van der Waals surface area contributed by atoms with Gasteiger partial charge in [-0.3, -0.25) is 9.89 Å². The van der Waals surface area contributed by atoms with Gasteiger partial charge in [0.15, 0.2) is 0 Å². The lowest BCUT2D eigenvalue weighted by Gasteiger charge is -2.16. The fourth-order valence-electron chi connectivity index (χ4n) is 2.25. The van der Waals surface area contributed by atoms with Gasteiger partial charge in [-0.1, -0.05) is 0 Å². The van der Waals surface area contributed by atoms with Gasteiger partial charge in [-0.15, -0.1) is 0 Å². The molecular formula is C11H17N5O3. The molecule has 1 saturated carbocycles. The minimum absolute atomic E-state index is 0.0805. The summed E-state index contributed by atoms with van der Waals surface area (Å²) in [5.74, 6) is -0.568. The number of H-pyrrole nitrogens is 1. The maximum atomic E-state index is 11.7. The number of nitrogens with one attached hydrogen (secondary N) is 3. The number of rotatable bonds is 4. The van der Waals surface area contributed by atoms with Crippen LogP contribution in [0.15, 0.2) is 6.33 Å². The van der Waals surface area contributed by atoms with Crippen LogP contribution in [0.4, 0.5) is 4.79 Å². The fourth-order valence-corrected chi connectivity index (χ4v) is 2.25. The number of aliphatic carboxylic acids is 1. The van der Waals surface area contributed by atoms with Gasteiger partial charge in [0.2, 0.25) is 0 Å². The second-order valence-corrected chi connectivity index (χ2v) is 4.76. The standard InChI is InChI=1S/C11H17N5O3/c1-6(9-12-5-13-16-9)14-11(19)15-8-3-2-7(4-8)10(17)18/h5-8H,2-4H2,1H3,(H,17,18)(H,12,13,16)(H2,14,15,19)/t6?,7-,8+/m1/s1. The van der Waals surface area contributed by atoms with Crippen molar-refractivity contribution in [3.63, 3.8) is 0 Å². The van der Waals surface area contributed by atoms with Crippen molar-refractivity contribution in [1.29, 1.82) is 0 Å². The highest BCUT2D eigenvalue weighted by molar-refractivity contribution is 5.75. The van der Waals surface area contributed by atoms with Crippen molar-refractivity contribution in [2.24, 2.45) is 5.92 Å². The molecule has 1 aliphatic carbocycles. The molecule has 2 amide bonds. The summed E-state index contributed by atoms with van der Waals surface area (Å²) in [6, 6.07) is -0.679. The quantitative estimate of drug-likeness (QED) is 0.630. The molecule has 1 heterocycles. The van der Waals surface area contributed by atoms with Crippen LogP contribution in [0.3, 0.4) is 0 Å². The van der Waals surface area contributed by atoms with Gasteiger partial charge in [-0.25, -0.2) is 9.78 Å². The van der Waals surface area contributed by atoms with Crippen molar-refractivity contribution < 1.29 is 14.7 Å². The van der Waals surface area contributed by atoms with E-state index in [9.17, 15) is 9.59 Å². The van der Waals surface area contributed by atoms with E-state index in [2.05, 4.69) is 25.8 Å². The highest BCUT2D eigenvalue weighted by atomic mass is 16.4. The summed E-state index contributed by atoms with van der Waals surface area (Å²) in [6.45, 7) is 1.79. The van der Waals surface area contributed by atoms with E-state index in [0.29, 0.717) is 25.1 Å². The van der Waals surface area contributed by atoms with E-state index in [-0.39, 0.29) is 24.0 Å². The number of carbonyl (C=O) groups excluding carboxylic acids is 1. The van der Waals surface area contributed by atoms with Gasteiger partial charge in [0.05, 0.1) is 12.0 Å². The third-order valence-electron chi connectivity index (χ3n) is 3.31. The molecule has 1 aromatic rings. The smallest absolute Gasteiger partial charge is 0.315 e. The van der Waals surface area contributed by atoms with Crippen molar-refractivity contribution in [1.82, 2.24) is 25.8 Å². The Balaban J connectivity index is 1.78. The Morgan fingerprint density at radius 2 is 2.32 bits per heavy atom. The number of aromatic nitrogens is 3. The summed E-state index contributed by atoms with van der Waals surface area (Å²) in [5.41, 5.74) is 0. The number of nitrogens with zero attached hydrogens (tertiary/aromatic N) is 2. The number of hydrogen-bond donors (Lipinski definition) is 4. The van der Waals surface area contributed by atoms with Crippen molar-refractivity contribution in [2.45, 2.75) is 38.3 Å². The van der Waals surface area contributed by atoms with Crippen LogP contribution in [0.1, 0.15) is 38.1 Å². The zero-order valence-electron chi connectivity index (χ0n) is 10.6. The molecular weight excluding hydrogens is 250 g/mol. The molecule has 0 saturated heterocycles. The number of carbonyl (C=O) groups is 2. The number of carboxylic acids is 1. The zero-order valence-corrected chi connectivity index (χ0v) is 10.6. The Labute approximate surface area is 110 Å². The van der Waals surface area contributed by atoms with Gasteiger partial charge in [0, 0.05) is 6.04 Å². The van der Waals surface area contributed by atoms with E-state index in [1.807, 2.05) is 0 Å². The predicted octanol–water partition coefficient (Wildman–Crippen LogP) is 0.418. The van der Waals surface area contributed by atoms with Crippen molar-refractivity contribution in [2.75, 3.05) is 0 Å². The fraction of sp³-hybridized carbons (Fsp3) is 0.636. The third-order valence-corrected chi connectivity index (χ3v) is 3.31. The maximum Gasteiger partial charge on any atom is 0.315 e. The summed E-state index contributed by atoms with van der Waals surface area (Å²) in [4.78, 5) is 26.5. The first-order valence-corrected chi connectivity index (χ1v) is 6.21. The van der Waals surface area contributed by atoms with Crippen LogP contribution in [0.25, 0.3) is 0 Å². The largest absolute Gasteiger partial charge is 0.481 e. The highest BCUT2D eigenvalue weighted by Crippen LogP contribution is 2.25. The first-order valence-electron chi connectivity index (χ1n) is 6.21. The van der Waals surface area contributed by atoms with Gasteiger partial charge in [0.25, 0.3) is 0 Å². The third kappa shape index (κ3) is 3.43. The molecule has 0 spiro atoms. The molecule has 8 nitrogen and oxygen atoms in total. The first kappa shape index (κ1) is 13.3. The highest BCUT2D eigenvalue weighted by Gasteiger charge is 2.30. The summed E-state index contributed by atoms with van der Waals surface area (Å²) < 4.78 is 0. The predicted molar refractivity (Wildman–Crippen MR) is 65.2 cm³/mol. The van der Waals surface area contributed by atoms with Gasteiger partial charge in [-0.2, -0.15) is 5.10 Å². The number of aromatic amines is 1. The van der Waals surface area contributed by atoms with Crippen LogP contribution in [0.2, 0.25) is 0 Å². The normalized spacial score (nSPS) is 23.8. The molecule has 0 aliphatic heterocycles. The minimum atomic E-state index is -0.792. The molecule has 0 radical (unpaired) electrons. The SMILES string of the molecule is CC(NC(=O)N[C@H]1CC[C@@H](C(=O)O)C1)c1ncn[nH]1. The number of carboxylic acid groups (broad SMARTS) is 1. The molecule has 8 heteroatoms. The lowest BCUT2D eigenvalue weighted by Crippen LogP contribution is -2.42. The molecule has 4 N–H and O–H groups in total. The van der Waals surface area contributed by atoms with Crippen molar-refractivity contribution in [3.8, 4) is 0 Å². The molecule has 104 valence electrons. The molecule has 0 bridgehead atoms.